The molecule has 0 spiro atoms. The first-order chi connectivity index (χ1) is 7.44. The van der Waals surface area contributed by atoms with E-state index in [4.69, 9.17) is 0 Å². The molecule has 0 aromatic heterocycles. The summed E-state index contributed by atoms with van der Waals surface area (Å²) in [5, 5.41) is 18.5. The average molecular weight is 264 g/mol. The topological polar surface area (TPSA) is 74.6 Å². The van der Waals surface area contributed by atoms with Crippen LogP contribution >= 0.6 is 0 Å². The van der Waals surface area contributed by atoms with Crippen molar-refractivity contribution in [3.63, 3.8) is 0 Å². The fourth-order valence-corrected chi connectivity index (χ4v) is 1.87. The Labute approximate surface area is 130 Å². The molecule has 5 heteroatoms. The normalized spacial score (nSPS) is 10.8. The standard InChI is InChI=1S/C12H14O4.Ca.2H/c1-8(2)12(10(13)14,11(15)16)9-6-4-3-5-7-9;;;/h3-8H,1-2H3,(H,13,14)(H,15,16);;;. The van der Waals surface area contributed by atoms with E-state index in [1.807, 2.05) is 0 Å². The van der Waals surface area contributed by atoms with Gasteiger partial charge in [-0.2, -0.15) is 0 Å². The van der Waals surface area contributed by atoms with Crippen molar-refractivity contribution in [3.05, 3.63) is 35.9 Å². The van der Waals surface area contributed by atoms with Crippen LogP contribution < -0.4 is 0 Å². The maximum absolute atomic E-state index is 11.3. The van der Waals surface area contributed by atoms with Gasteiger partial charge < -0.3 is 10.2 Å². The molecular weight excluding hydrogens is 248 g/mol. The second-order valence-electron chi connectivity index (χ2n) is 3.94. The fourth-order valence-electron chi connectivity index (χ4n) is 1.87. The second-order valence-corrected chi connectivity index (χ2v) is 3.94. The number of aliphatic carboxylic acids is 2. The van der Waals surface area contributed by atoms with E-state index < -0.39 is 23.3 Å². The molecule has 0 atom stereocenters. The van der Waals surface area contributed by atoms with E-state index >= 15 is 0 Å². The van der Waals surface area contributed by atoms with E-state index in [-0.39, 0.29) is 37.7 Å². The van der Waals surface area contributed by atoms with Crippen LogP contribution in [-0.4, -0.2) is 59.9 Å². The number of hydrogen-bond donors (Lipinski definition) is 2. The summed E-state index contributed by atoms with van der Waals surface area (Å²) in [7, 11) is 0. The van der Waals surface area contributed by atoms with Crippen LogP contribution in [0.3, 0.4) is 0 Å². The van der Waals surface area contributed by atoms with E-state index in [1.54, 1.807) is 32.0 Å². The summed E-state index contributed by atoms with van der Waals surface area (Å²) in [5.74, 6) is -3.20. The van der Waals surface area contributed by atoms with Gasteiger partial charge in [0.25, 0.3) is 0 Å². The van der Waals surface area contributed by atoms with Gasteiger partial charge in [-0.15, -0.1) is 0 Å². The molecule has 17 heavy (non-hydrogen) atoms. The third-order valence-electron chi connectivity index (χ3n) is 2.77. The van der Waals surface area contributed by atoms with Crippen LogP contribution in [0.4, 0.5) is 0 Å². The zero-order chi connectivity index (χ0) is 12.3. The molecule has 0 aliphatic rings. The Balaban J connectivity index is 0.00000256. The summed E-state index contributed by atoms with van der Waals surface area (Å²) in [5.41, 5.74) is -1.58. The molecule has 0 saturated heterocycles. The minimum atomic E-state index is -1.87. The van der Waals surface area contributed by atoms with Crippen molar-refractivity contribution in [1.29, 1.82) is 0 Å². The number of carboxylic acids is 2. The zero-order valence-electron chi connectivity index (χ0n) is 9.18. The number of carbonyl (C=O) groups is 2. The van der Waals surface area contributed by atoms with Crippen molar-refractivity contribution in [3.8, 4) is 0 Å². The fraction of sp³-hybridized carbons (Fsp3) is 0.333. The molecule has 0 unspecified atom stereocenters. The van der Waals surface area contributed by atoms with Crippen molar-refractivity contribution >= 4 is 49.7 Å². The SMILES string of the molecule is CC(C)C(C(=O)O)(C(=O)O)c1ccccc1.[CaH2]. The first-order valence-electron chi connectivity index (χ1n) is 4.96. The number of hydrogen-bond acceptors (Lipinski definition) is 2. The summed E-state index contributed by atoms with van der Waals surface area (Å²) in [6, 6.07) is 8.06. The molecule has 2 N–H and O–H groups in total. The minimum absolute atomic E-state index is 0. The Hall–Kier alpha value is -0.580. The average Bonchev–Trinajstić information content (AvgIpc) is 2.18. The van der Waals surface area contributed by atoms with Crippen molar-refractivity contribution in [2.45, 2.75) is 19.3 Å². The molecule has 90 valence electrons. The summed E-state index contributed by atoms with van der Waals surface area (Å²) in [6.07, 6.45) is 0. The Kier molecular flexibility index (Phi) is 6.16. The van der Waals surface area contributed by atoms with Crippen molar-refractivity contribution < 1.29 is 19.8 Å². The van der Waals surface area contributed by atoms with Gasteiger partial charge in [0.15, 0.2) is 5.41 Å². The monoisotopic (exact) mass is 264 g/mol. The Morgan fingerprint density at radius 2 is 1.47 bits per heavy atom. The van der Waals surface area contributed by atoms with Crippen LogP contribution in [0, 0.1) is 5.92 Å². The number of rotatable bonds is 4. The maximum atomic E-state index is 11.3. The van der Waals surface area contributed by atoms with E-state index in [2.05, 4.69) is 0 Å². The third-order valence-corrected chi connectivity index (χ3v) is 2.77. The second kappa shape index (κ2) is 6.38. The molecule has 0 fully saturated rings. The van der Waals surface area contributed by atoms with Crippen LogP contribution in [0.25, 0.3) is 0 Å². The van der Waals surface area contributed by atoms with Crippen LogP contribution in [0.15, 0.2) is 30.3 Å². The first-order valence-corrected chi connectivity index (χ1v) is 4.96. The van der Waals surface area contributed by atoms with Crippen molar-refractivity contribution in [2.24, 2.45) is 5.92 Å². The van der Waals surface area contributed by atoms with E-state index in [0.717, 1.165) is 0 Å². The third kappa shape index (κ3) is 2.81. The van der Waals surface area contributed by atoms with Crippen LogP contribution in [-0.2, 0) is 15.0 Å². The quantitative estimate of drug-likeness (QED) is 0.624. The molecular formula is C12H16CaO4. The summed E-state index contributed by atoms with van der Waals surface area (Å²) in [4.78, 5) is 22.6. The van der Waals surface area contributed by atoms with Crippen molar-refractivity contribution in [2.75, 3.05) is 0 Å². The molecule has 0 saturated carbocycles. The van der Waals surface area contributed by atoms with Gasteiger partial charge in [0, 0.05) is 0 Å². The molecule has 0 radical (unpaired) electrons. The molecule has 1 aromatic rings. The molecule has 0 aliphatic carbocycles. The van der Waals surface area contributed by atoms with Crippen LogP contribution in [0.2, 0.25) is 0 Å². The van der Waals surface area contributed by atoms with Gasteiger partial charge >= 0.3 is 49.7 Å². The summed E-state index contributed by atoms with van der Waals surface area (Å²) in [6.45, 7) is 3.18. The molecule has 1 rings (SSSR count). The Morgan fingerprint density at radius 3 is 1.76 bits per heavy atom. The predicted octanol–water partition coefficient (Wildman–Crippen LogP) is 0.833. The van der Waals surface area contributed by atoms with Gasteiger partial charge in [-0.05, 0) is 11.5 Å². The van der Waals surface area contributed by atoms with E-state index in [1.165, 1.54) is 12.1 Å². The molecule has 0 bridgehead atoms. The predicted molar refractivity (Wildman–Crippen MR) is 66.8 cm³/mol. The van der Waals surface area contributed by atoms with Crippen molar-refractivity contribution in [1.82, 2.24) is 0 Å². The van der Waals surface area contributed by atoms with Crippen LogP contribution in [0.1, 0.15) is 19.4 Å². The van der Waals surface area contributed by atoms with Crippen LogP contribution in [0.5, 0.6) is 0 Å². The molecule has 0 amide bonds. The van der Waals surface area contributed by atoms with Gasteiger partial charge in [-0.1, -0.05) is 44.2 Å². The number of carboxylic acid groups (broad SMARTS) is 2. The van der Waals surface area contributed by atoms with Gasteiger partial charge in [0.2, 0.25) is 0 Å². The summed E-state index contributed by atoms with van der Waals surface area (Å²) >= 11 is 0. The van der Waals surface area contributed by atoms with Gasteiger partial charge in [0.1, 0.15) is 0 Å². The van der Waals surface area contributed by atoms with E-state index in [9.17, 15) is 19.8 Å². The molecule has 4 nitrogen and oxygen atoms in total. The molecule has 1 aromatic carbocycles. The van der Waals surface area contributed by atoms with E-state index in [0.29, 0.717) is 5.56 Å². The molecule has 0 aliphatic heterocycles. The Bertz CT molecular complexity index is 386. The molecule has 0 heterocycles. The van der Waals surface area contributed by atoms with Gasteiger partial charge in [0.05, 0.1) is 0 Å². The Morgan fingerprint density at radius 1 is 1.06 bits per heavy atom. The first kappa shape index (κ1) is 16.4. The van der Waals surface area contributed by atoms with Gasteiger partial charge in [-0.25, -0.2) is 0 Å². The number of benzene rings is 1. The summed E-state index contributed by atoms with van der Waals surface area (Å²) < 4.78 is 0. The zero-order valence-corrected chi connectivity index (χ0v) is 9.18. The van der Waals surface area contributed by atoms with Gasteiger partial charge in [-0.3, -0.25) is 9.59 Å².